The van der Waals surface area contributed by atoms with E-state index in [4.69, 9.17) is 0 Å². The van der Waals surface area contributed by atoms with E-state index >= 15 is 0 Å². The van der Waals surface area contributed by atoms with Gasteiger partial charge in [-0.3, -0.25) is 0 Å². The second kappa shape index (κ2) is 3.08. The van der Waals surface area contributed by atoms with Crippen molar-refractivity contribution in [2.75, 3.05) is 0 Å². The molecule has 0 saturated carbocycles. The van der Waals surface area contributed by atoms with Crippen molar-refractivity contribution in [3.63, 3.8) is 0 Å². The molecule has 0 amide bonds. The first-order valence-electron chi connectivity index (χ1n) is 5.16. The Bertz CT molecular complexity index is 222. The molecule has 0 saturated heterocycles. The molecule has 1 atom stereocenters. The molecular weight excluding hydrogens is 144 g/mol. The van der Waals surface area contributed by atoms with Crippen LogP contribution in [0.1, 0.15) is 45.4 Å². The van der Waals surface area contributed by atoms with Crippen LogP contribution in [0, 0.1) is 5.41 Å². The quantitative estimate of drug-likeness (QED) is 0.475. The van der Waals surface area contributed by atoms with Crippen LogP contribution in [-0.2, 0) is 0 Å². The molecular formula is C12H18. The topological polar surface area (TPSA) is 0 Å². The Morgan fingerprint density at radius 1 is 1.17 bits per heavy atom. The van der Waals surface area contributed by atoms with Crippen LogP contribution < -0.4 is 0 Å². The molecule has 0 heterocycles. The third kappa shape index (κ3) is 1.35. The number of fused-ring (bicyclic) bond motifs is 1. The summed E-state index contributed by atoms with van der Waals surface area (Å²) in [4.78, 5) is 0. The lowest BCUT2D eigenvalue weighted by molar-refractivity contribution is 0.313. The van der Waals surface area contributed by atoms with Crippen molar-refractivity contribution in [1.29, 1.82) is 0 Å². The minimum Gasteiger partial charge on any atom is -0.0882 e. The Morgan fingerprint density at radius 3 is 3.00 bits per heavy atom. The Labute approximate surface area is 75.4 Å². The maximum atomic E-state index is 2.49. The van der Waals surface area contributed by atoms with Crippen LogP contribution in [-0.4, -0.2) is 0 Å². The van der Waals surface area contributed by atoms with Gasteiger partial charge in [-0.15, -0.1) is 0 Å². The van der Waals surface area contributed by atoms with E-state index in [0.717, 1.165) is 0 Å². The highest BCUT2D eigenvalue weighted by molar-refractivity contribution is 5.21. The summed E-state index contributed by atoms with van der Waals surface area (Å²) in [5.41, 5.74) is 2.27. The molecule has 0 nitrogen and oxygen atoms in total. The van der Waals surface area contributed by atoms with Crippen molar-refractivity contribution in [2.45, 2.75) is 45.4 Å². The molecule has 0 spiro atoms. The van der Waals surface area contributed by atoms with Crippen LogP contribution in [0.15, 0.2) is 23.8 Å². The van der Waals surface area contributed by atoms with Crippen LogP contribution in [0.3, 0.4) is 0 Å². The zero-order valence-corrected chi connectivity index (χ0v) is 7.97. The smallest absolute Gasteiger partial charge is 0.0110 e. The number of hydrogen-bond acceptors (Lipinski definition) is 0. The summed E-state index contributed by atoms with van der Waals surface area (Å²) in [6.45, 7) is 2.45. The molecule has 2 aliphatic rings. The van der Waals surface area contributed by atoms with Gasteiger partial charge >= 0.3 is 0 Å². The van der Waals surface area contributed by atoms with Crippen LogP contribution in [0.4, 0.5) is 0 Å². The van der Waals surface area contributed by atoms with Gasteiger partial charge < -0.3 is 0 Å². The molecule has 1 unspecified atom stereocenters. The zero-order chi connectivity index (χ0) is 8.44. The van der Waals surface area contributed by atoms with Crippen molar-refractivity contribution in [2.24, 2.45) is 5.41 Å². The van der Waals surface area contributed by atoms with E-state index in [1.807, 2.05) is 0 Å². The lowest BCUT2D eigenvalue weighted by Crippen LogP contribution is -2.21. The molecule has 2 aliphatic carbocycles. The molecule has 12 heavy (non-hydrogen) atoms. The van der Waals surface area contributed by atoms with E-state index in [1.54, 1.807) is 5.57 Å². The number of rotatable bonds is 0. The third-order valence-electron chi connectivity index (χ3n) is 3.47. The van der Waals surface area contributed by atoms with Gasteiger partial charge in [0.25, 0.3) is 0 Å². The van der Waals surface area contributed by atoms with Crippen LogP contribution in [0.5, 0.6) is 0 Å². The Morgan fingerprint density at radius 2 is 2.08 bits per heavy atom. The molecule has 66 valence electrons. The highest BCUT2D eigenvalue weighted by atomic mass is 14.3. The first kappa shape index (κ1) is 8.10. The fraction of sp³-hybridized carbons (Fsp3) is 0.667. The van der Waals surface area contributed by atoms with Crippen LogP contribution >= 0.6 is 0 Å². The monoisotopic (exact) mass is 162 g/mol. The first-order chi connectivity index (χ1) is 5.81. The fourth-order valence-electron chi connectivity index (χ4n) is 2.52. The third-order valence-corrected chi connectivity index (χ3v) is 3.47. The molecule has 0 N–H and O–H groups in total. The van der Waals surface area contributed by atoms with Crippen molar-refractivity contribution in [1.82, 2.24) is 0 Å². The summed E-state index contributed by atoms with van der Waals surface area (Å²) >= 11 is 0. The fourth-order valence-corrected chi connectivity index (χ4v) is 2.52. The number of allylic oxidation sites excluding steroid dienone is 4. The second-order valence-electron chi connectivity index (χ2n) is 4.40. The molecule has 0 radical (unpaired) electrons. The van der Waals surface area contributed by atoms with Gasteiger partial charge in [0, 0.05) is 0 Å². The van der Waals surface area contributed by atoms with Gasteiger partial charge in [0.2, 0.25) is 0 Å². The van der Waals surface area contributed by atoms with E-state index in [-0.39, 0.29) is 0 Å². The summed E-state index contributed by atoms with van der Waals surface area (Å²) in [5, 5.41) is 0. The Kier molecular flexibility index (Phi) is 2.08. The minimum atomic E-state index is 0.557. The standard InChI is InChI=1S/C12H18/c1-12-9-5-2-3-7-11(12)8-4-6-10-12/h2-3,8H,4-7,9-10H2,1H3. The minimum absolute atomic E-state index is 0.557. The van der Waals surface area contributed by atoms with E-state index < -0.39 is 0 Å². The Hall–Kier alpha value is -0.520. The molecule has 0 heteroatoms. The van der Waals surface area contributed by atoms with Gasteiger partial charge in [0.1, 0.15) is 0 Å². The van der Waals surface area contributed by atoms with Crippen molar-refractivity contribution >= 4 is 0 Å². The summed E-state index contributed by atoms with van der Waals surface area (Å²) < 4.78 is 0. The highest BCUT2D eigenvalue weighted by Crippen LogP contribution is 2.44. The molecule has 0 aromatic rings. The van der Waals surface area contributed by atoms with Gasteiger partial charge in [0.05, 0.1) is 0 Å². The lowest BCUT2D eigenvalue weighted by Gasteiger charge is -2.34. The largest absolute Gasteiger partial charge is 0.0882 e. The van der Waals surface area contributed by atoms with Gasteiger partial charge in [0.15, 0.2) is 0 Å². The van der Waals surface area contributed by atoms with Crippen molar-refractivity contribution < 1.29 is 0 Å². The van der Waals surface area contributed by atoms with Crippen LogP contribution in [0.25, 0.3) is 0 Å². The molecule has 0 bridgehead atoms. The molecule has 2 rings (SSSR count). The normalized spacial score (nSPS) is 35.2. The molecule has 0 aromatic carbocycles. The first-order valence-corrected chi connectivity index (χ1v) is 5.16. The zero-order valence-electron chi connectivity index (χ0n) is 7.97. The Balaban J connectivity index is 2.25. The van der Waals surface area contributed by atoms with Crippen molar-refractivity contribution in [3.05, 3.63) is 23.8 Å². The molecule has 0 aromatic heterocycles. The van der Waals surface area contributed by atoms with E-state index in [9.17, 15) is 0 Å². The lowest BCUT2D eigenvalue weighted by atomic mass is 9.71. The van der Waals surface area contributed by atoms with E-state index in [0.29, 0.717) is 5.41 Å². The van der Waals surface area contributed by atoms with E-state index in [1.165, 1.54) is 38.5 Å². The SMILES string of the molecule is CC12CCC=CCC1=CCCC2. The molecule has 0 aliphatic heterocycles. The predicted octanol–water partition coefficient (Wildman–Crippen LogP) is 3.84. The van der Waals surface area contributed by atoms with Gasteiger partial charge in [-0.1, -0.05) is 30.7 Å². The van der Waals surface area contributed by atoms with Gasteiger partial charge in [-0.2, -0.15) is 0 Å². The maximum Gasteiger partial charge on any atom is -0.0110 e. The van der Waals surface area contributed by atoms with E-state index in [2.05, 4.69) is 25.2 Å². The average Bonchev–Trinajstić information content (AvgIpc) is 2.25. The number of hydrogen-bond donors (Lipinski definition) is 0. The summed E-state index contributed by atoms with van der Waals surface area (Å²) in [6, 6.07) is 0. The second-order valence-corrected chi connectivity index (χ2v) is 4.40. The van der Waals surface area contributed by atoms with Crippen molar-refractivity contribution in [3.8, 4) is 0 Å². The summed E-state index contributed by atoms with van der Waals surface area (Å²) in [5.74, 6) is 0. The average molecular weight is 162 g/mol. The van der Waals surface area contributed by atoms with Gasteiger partial charge in [-0.05, 0) is 43.9 Å². The van der Waals surface area contributed by atoms with Gasteiger partial charge in [-0.25, -0.2) is 0 Å². The molecule has 0 fully saturated rings. The predicted molar refractivity (Wildman–Crippen MR) is 53.0 cm³/mol. The maximum absolute atomic E-state index is 2.49. The highest BCUT2D eigenvalue weighted by Gasteiger charge is 2.29. The summed E-state index contributed by atoms with van der Waals surface area (Å²) in [7, 11) is 0. The van der Waals surface area contributed by atoms with Crippen LogP contribution in [0.2, 0.25) is 0 Å². The summed E-state index contributed by atoms with van der Waals surface area (Å²) in [6.07, 6.45) is 15.2.